The first-order valence-electron chi connectivity index (χ1n) is 10.6. The van der Waals surface area contributed by atoms with Crippen molar-refractivity contribution in [3.63, 3.8) is 0 Å². The van der Waals surface area contributed by atoms with Gasteiger partial charge in [0.2, 0.25) is 0 Å². The minimum absolute atomic E-state index is 0.741. The average molecular weight is 504 g/mol. The van der Waals surface area contributed by atoms with Crippen molar-refractivity contribution in [1.29, 1.82) is 0 Å². The molecule has 0 saturated carbocycles. The van der Waals surface area contributed by atoms with Crippen molar-refractivity contribution in [2.75, 3.05) is 19.8 Å². The fourth-order valence-electron chi connectivity index (χ4n) is 4.06. The Balaban J connectivity index is 1.72. The van der Waals surface area contributed by atoms with E-state index in [4.69, 9.17) is 23.7 Å². The van der Waals surface area contributed by atoms with Gasteiger partial charge in [0.1, 0.15) is 73.2 Å². The number of ether oxygens (including phenoxy) is 5. The molecule has 0 aromatic rings. The molecule has 3 fully saturated rings. The van der Waals surface area contributed by atoms with Crippen molar-refractivity contribution < 1.29 is 79.9 Å². The lowest BCUT2D eigenvalue weighted by Crippen LogP contribution is -2.66. The summed E-state index contributed by atoms with van der Waals surface area (Å²) in [6.45, 7) is -2.32. The second-order valence-corrected chi connectivity index (χ2v) is 8.33. The number of aliphatic hydroxyl groups is 11. The maximum Gasteiger partial charge on any atom is 0.187 e. The average Bonchev–Trinajstić information content (AvgIpc) is 2.83. The van der Waals surface area contributed by atoms with Crippen LogP contribution in [0.5, 0.6) is 0 Å². The molecule has 11 N–H and O–H groups in total. The molecular formula is C18H32O16. The van der Waals surface area contributed by atoms with Crippen molar-refractivity contribution in [3.05, 3.63) is 0 Å². The Labute approximate surface area is 192 Å². The van der Waals surface area contributed by atoms with E-state index in [9.17, 15) is 56.2 Å². The van der Waals surface area contributed by atoms with Crippen LogP contribution in [-0.2, 0) is 23.7 Å². The van der Waals surface area contributed by atoms with E-state index >= 15 is 0 Å². The van der Waals surface area contributed by atoms with Gasteiger partial charge in [0.25, 0.3) is 0 Å². The van der Waals surface area contributed by atoms with Crippen LogP contribution in [0.3, 0.4) is 0 Å². The number of hydrogen-bond donors (Lipinski definition) is 11. The summed E-state index contributed by atoms with van der Waals surface area (Å²) >= 11 is 0. The van der Waals surface area contributed by atoms with Crippen LogP contribution in [-0.4, -0.2) is 168 Å². The Morgan fingerprint density at radius 3 is 1.35 bits per heavy atom. The molecule has 0 aromatic carbocycles. The first-order valence-corrected chi connectivity index (χ1v) is 10.6. The van der Waals surface area contributed by atoms with Crippen molar-refractivity contribution >= 4 is 0 Å². The minimum Gasteiger partial charge on any atom is -0.394 e. The topological polar surface area (TPSA) is 269 Å². The first-order chi connectivity index (χ1) is 16.0. The lowest BCUT2D eigenvalue weighted by molar-refractivity contribution is -0.377. The van der Waals surface area contributed by atoms with Crippen LogP contribution in [0.4, 0.5) is 0 Å². The number of hydrogen-bond acceptors (Lipinski definition) is 16. The Morgan fingerprint density at radius 1 is 0.441 bits per heavy atom. The molecule has 0 bridgehead atoms. The molecule has 3 aliphatic heterocycles. The SMILES string of the molecule is OCC1O[C@H](O[C@@H]2C(CO)O[C@H](O[C@H]3C(CO)O[C@H](O)C(O)[C@H]3O)C(O)[C@H]2O)C(O)[C@@H](O)[C@@H]1O. The molecule has 15 atom stereocenters. The molecule has 3 aliphatic rings. The molecule has 16 nitrogen and oxygen atoms in total. The van der Waals surface area contributed by atoms with E-state index in [0.717, 1.165) is 0 Å². The highest BCUT2D eigenvalue weighted by Gasteiger charge is 2.53. The van der Waals surface area contributed by atoms with Crippen LogP contribution in [0.2, 0.25) is 0 Å². The van der Waals surface area contributed by atoms with E-state index in [1.807, 2.05) is 0 Å². The highest BCUT2D eigenvalue weighted by molar-refractivity contribution is 4.96. The molecule has 3 saturated heterocycles. The van der Waals surface area contributed by atoms with Gasteiger partial charge in [-0.2, -0.15) is 0 Å². The Morgan fingerprint density at radius 2 is 0.853 bits per heavy atom. The quantitative estimate of drug-likeness (QED) is 0.154. The Hall–Kier alpha value is -0.640. The first kappa shape index (κ1) is 27.9. The van der Waals surface area contributed by atoms with Gasteiger partial charge >= 0.3 is 0 Å². The van der Waals surface area contributed by atoms with Gasteiger partial charge in [-0.1, -0.05) is 0 Å². The normalized spacial score (nSPS) is 52.5. The van der Waals surface area contributed by atoms with Crippen molar-refractivity contribution in [2.45, 2.75) is 92.1 Å². The minimum atomic E-state index is -1.91. The lowest BCUT2D eigenvalue weighted by Gasteiger charge is -2.47. The molecule has 0 amide bonds. The summed E-state index contributed by atoms with van der Waals surface area (Å²) in [6, 6.07) is 0. The summed E-state index contributed by atoms with van der Waals surface area (Å²) in [5, 5.41) is 109. The number of rotatable bonds is 7. The van der Waals surface area contributed by atoms with Gasteiger partial charge in [-0.3, -0.25) is 0 Å². The lowest BCUT2D eigenvalue weighted by atomic mass is 9.96. The maximum absolute atomic E-state index is 10.6. The van der Waals surface area contributed by atoms with E-state index in [1.165, 1.54) is 0 Å². The maximum atomic E-state index is 10.6. The van der Waals surface area contributed by atoms with E-state index in [1.54, 1.807) is 0 Å². The second-order valence-electron chi connectivity index (χ2n) is 8.33. The second kappa shape index (κ2) is 11.6. The standard InChI is InChI=1S/C18H32O16/c19-1-4-7(22)8(23)12(27)17(31-4)34-15-6(3-21)32-18(13(28)10(15)25)33-14-5(2-20)30-16(29)11(26)9(14)24/h4-29H,1-3H2/t4?,5?,6?,7-,8+,9-,10-,11?,12?,13?,14+,15-,16+,17-,18-/m1/s1. The third-order valence-electron chi connectivity index (χ3n) is 6.09. The predicted octanol–water partition coefficient (Wildman–Crippen LogP) is -7.57. The highest BCUT2D eigenvalue weighted by atomic mass is 16.8. The van der Waals surface area contributed by atoms with Gasteiger partial charge in [-0.25, -0.2) is 0 Å². The summed E-state index contributed by atoms with van der Waals surface area (Å²) in [7, 11) is 0. The van der Waals surface area contributed by atoms with Gasteiger partial charge in [0.15, 0.2) is 18.9 Å². The Kier molecular flexibility index (Phi) is 9.54. The number of aliphatic hydroxyl groups excluding tert-OH is 11. The van der Waals surface area contributed by atoms with E-state index in [2.05, 4.69) is 0 Å². The smallest absolute Gasteiger partial charge is 0.187 e. The van der Waals surface area contributed by atoms with Gasteiger partial charge in [0.05, 0.1) is 19.8 Å². The third-order valence-corrected chi connectivity index (χ3v) is 6.09. The van der Waals surface area contributed by atoms with Crippen LogP contribution in [0.15, 0.2) is 0 Å². The highest BCUT2D eigenvalue weighted by Crippen LogP contribution is 2.32. The van der Waals surface area contributed by atoms with Gasteiger partial charge in [-0.05, 0) is 0 Å². The van der Waals surface area contributed by atoms with Crippen LogP contribution < -0.4 is 0 Å². The molecule has 3 heterocycles. The fourth-order valence-corrected chi connectivity index (χ4v) is 4.06. The monoisotopic (exact) mass is 504 g/mol. The van der Waals surface area contributed by atoms with Crippen LogP contribution in [0.25, 0.3) is 0 Å². The molecule has 0 radical (unpaired) electrons. The molecule has 0 aliphatic carbocycles. The molecule has 3 rings (SSSR count). The molecule has 6 unspecified atom stereocenters. The van der Waals surface area contributed by atoms with Crippen LogP contribution in [0.1, 0.15) is 0 Å². The van der Waals surface area contributed by atoms with Crippen molar-refractivity contribution in [1.82, 2.24) is 0 Å². The van der Waals surface area contributed by atoms with Crippen LogP contribution in [0, 0.1) is 0 Å². The molecule has 34 heavy (non-hydrogen) atoms. The molecule has 200 valence electrons. The molecule has 0 spiro atoms. The fraction of sp³-hybridized carbons (Fsp3) is 1.00. The van der Waals surface area contributed by atoms with E-state index in [-0.39, 0.29) is 0 Å². The van der Waals surface area contributed by atoms with E-state index in [0.29, 0.717) is 0 Å². The summed E-state index contributed by atoms with van der Waals surface area (Å²) in [4.78, 5) is 0. The summed E-state index contributed by atoms with van der Waals surface area (Å²) in [5.74, 6) is 0. The zero-order valence-electron chi connectivity index (χ0n) is 17.7. The van der Waals surface area contributed by atoms with Crippen molar-refractivity contribution in [3.8, 4) is 0 Å². The largest absolute Gasteiger partial charge is 0.394 e. The third kappa shape index (κ3) is 5.37. The van der Waals surface area contributed by atoms with E-state index < -0.39 is 112 Å². The molecular weight excluding hydrogens is 472 g/mol. The molecule has 0 aromatic heterocycles. The predicted molar refractivity (Wildman–Crippen MR) is 101 cm³/mol. The molecule has 16 heteroatoms. The van der Waals surface area contributed by atoms with Gasteiger partial charge in [0, 0.05) is 0 Å². The Bertz CT molecular complexity index is 635. The zero-order chi connectivity index (χ0) is 25.3. The summed E-state index contributed by atoms with van der Waals surface area (Å²) in [6.07, 6.45) is -25.1. The van der Waals surface area contributed by atoms with Gasteiger partial charge in [-0.15, -0.1) is 0 Å². The summed E-state index contributed by atoms with van der Waals surface area (Å²) < 4.78 is 26.4. The van der Waals surface area contributed by atoms with Crippen LogP contribution >= 0.6 is 0 Å². The zero-order valence-corrected chi connectivity index (χ0v) is 17.7. The van der Waals surface area contributed by atoms with Crippen molar-refractivity contribution in [2.24, 2.45) is 0 Å². The summed E-state index contributed by atoms with van der Waals surface area (Å²) in [5.41, 5.74) is 0. The van der Waals surface area contributed by atoms with Gasteiger partial charge < -0.3 is 79.9 Å².